The van der Waals surface area contributed by atoms with Gasteiger partial charge in [-0.3, -0.25) is 4.68 Å². The first-order valence-corrected chi connectivity index (χ1v) is 7.39. The van der Waals surface area contributed by atoms with Crippen molar-refractivity contribution < 1.29 is 4.74 Å². The van der Waals surface area contributed by atoms with Crippen molar-refractivity contribution in [3.05, 3.63) is 41.7 Å². The van der Waals surface area contributed by atoms with Gasteiger partial charge in [0.1, 0.15) is 12.4 Å². The van der Waals surface area contributed by atoms with Crippen molar-refractivity contribution in [2.45, 2.75) is 13.5 Å². The number of nitrogens with one attached hydrogen (secondary N) is 1. The average Bonchev–Trinajstić information content (AvgIpc) is 2.92. The van der Waals surface area contributed by atoms with Crippen LogP contribution in [0.2, 0.25) is 0 Å². The molecule has 0 radical (unpaired) electrons. The molecule has 5 heteroatoms. The number of rotatable bonds is 4. The third-order valence-electron chi connectivity index (χ3n) is 3.79. The van der Waals surface area contributed by atoms with Crippen molar-refractivity contribution in [3.63, 3.8) is 0 Å². The Morgan fingerprint density at radius 2 is 2.10 bits per heavy atom. The first kappa shape index (κ1) is 13.9. The number of aryl methyl sites for hydroxylation is 2. The molecule has 1 aromatic heterocycles. The molecule has 1 saturated heterocycles. The van der Waals surface area contributed by atoms with Crippen molar-refractivity contribution in [2.75, 3.05) is 31.1 Å². The van der Waals surface area contributed by atoms with Crippen LogP contribution in [0.4, 0.5) is 5.69 Å². The molecule has 5 nitrogen and oxygen atoms in total. The van der Waals surface area contributed by atoms with Gasteiger partial charge < -0.3 is 15.0 Å². The number of nitrogens with zero attached hydrogens (tertiary/aromatic N) is 3. The highest BCUT2D eigenvalue weighted by Gasteiger charge is 2.11. The van der Waals surface area contributed by atoms with E-state index in [0.717, 1.165) is 37.5 Å². The molecule has 0 amide bonds. The van der Waals surface area contributed by atoms with E-state index >= 15 is 0 Å². The molecule has 0 unspecified atom stereocenters. The van der Waals surface area contributed by atoms with E-state index in [1.165, 1.54) is 11.3 Å². The smallest absolute Gasteiger partial charge is 0.122 e. The molecule has 0 atom stereocenters. The van der Waals surface area contributed by atoms with Crippen molar-refractivity contribution >= 4 is 5.69 Å². The molecule has 1 aliphatic rings. The lowest BCUT2D eigenvalue weighted by atomic mass is 10.1. The molecule has 3 rings (SSSR count). The van der Waals surface area contributed by atoms with E-state index in [1.807, 2.05) is 19.4 Å². The molecule has 1 aromatic carbocycles. The minimum Gasteiger partial charge on any atom is -0.489 e. The number of benzene rings is 1. The first-order valence-electron chi connectivity index (χ1n) is 7.39. The van der Waals surface area contributed by atoms with Gasteiger partial charge in [-0.25, -0.2) is 0 Å². The predicted molar refractivity (Wildman–Crippen MR) is 83.8 cm³/mol. The number of piperazine rings is 1. The van der Waals surface area contributed by atoms with Gasteiger partial charge in [0.15, 0.2) is 0 Å². The molecule has 1 N–H and O–H groups in total. The molecule has 0 bridgehead atoms. The molecule has 0 spiro atoms. The lowest BCUT2D eigenvalue weighted by Gasteiger charge is -2.29. The van der Waals surface area contributed by atoms with E-state index in [0.29, 0.717) is 6.61 Å². The first-order chi connectivity index (χ1) is 10.2. The Bertz CT molecular complexity index is 602. The quantitative estimate of drug-likeness (QED) is 0.929. The van der Waals surface area contributed by atoms with Crippen LogP contribution in [0.5, 0.6) is 5.75 Å². The van der Waals surface area contributed by atoms with E-state index in [2.05, 4.69) is 40.4 Å². The number of hydrogen-bond donors (Lipinski definition) is 1. The van der Waals surface area contributed by atoms with Gasteiger partial charge in [0.2, 0.25) is 0 Å². The molecule has 1 fully saturated rings. The number of ether oxygens (including phenoxy) is 1. The normalized spacial score (nSPS) is 15.2. The number of aromatic nitrogens is 2. The fraction of sp³-hybridized carbons (Fsp3) is 0.438. The molecular weight excluding hydrogens is 264 g/mol. The maximum Gasteiger partial charge on any atom is 0.122 e. The molecule has 0 aliphatic carbocycles. The predicted octanol–water partition coefficient (Wildman–Crippen LogP) is 1.72. The number of anilines is 1. The van der Waals surface area contributed by atoms with Gasteiger partial charge in [0.05, 0.1) is 6.20 Å². The lowest BCUT2D eigenvalue weighted by Crippen LogP contribution is -2.43. The second-order valence-electron chi connectivity index (χ2n) is 5.50. The minimum atomic E-state index is 0.557. The summed E-state index contributed by atoms with van der Waals surface area (Å²) in [6.45, 7) is 6.90. The Labute approximate surface area is 125 Å². The van der Waals surface area contributed by atoms with Gasteiger partial charge in [-0.1, -0.05) is 0 Å². The summed E-state index contributed by atoms with van der Waals surface area (Å²) in [6, 6.07) is 6.43. The van der Waals surface area contributed by atoms with E-state index in [1.54, 1.807) is 4.68 Å². The minimum absolute atomic E-state index is 0.557. The molecule has 1 aliphatic heterocycles. The zero-order valence-corrected chi connectivity index (χ0v) is 12.7. The van der Waals surface area contributed by atoms with Gasteiger partial charge in [-0.15, -0.1) is 0 Å². The summed E-state index contributed by atoms with van der Waals surface area (Å²) >= 11 is 0. The highest BCUT2D eigenvalue weighted by atomic mass is 16.5. The lowest BCUT2D eigenvalue weighted by molar-refractivity contribution is 0.304. The highest BCUT2D eigenvalue weighted by molar-refractivity contribution is 5.53. The standard InChI is InChI=1S/C16H22N4O/c1-13-9-15(20-7-5-17-6-8-20)3-4-16(13)21-12-14-10-18-19(2)11-14/h3-4,9-11,17H,5-8,12H2,1-2H3. The summed E-state index contributed by atoms with van der Waals surface area (Å²) in [4.78, 5) is 2.41. The zero-order valence-electron chi connectivity index (χ0n) is 12.7. The van der Waals surface area contributed by atoms with Gasteiger partial charge >= 0.3 is 0 Å². The molecule has 21 heavy (non-hydrogen) atoms. The highest BCUT2D eigenvalue weighted by Crippen LogP contribution is 2.25. The van der Waals surface area contributed by atoms with Crippen molar-refractivity contribution in [2.24, 2.45) is 7.05 Å². The van der Waals surface area contributed by atoms with E-state index < -0.39 is 0 Å². The Balaban J connectivity index is 1.66. The molecule has 112 valence electrons. The third-order valence-corrected chi connectivity index (χ3v) is 3.79. The summed E-state index contributed by atoms with van der Waals surface area (Å²) in [5.74, 6) is 0.942. The monoisotopic (exact) mass is 286 g/mol. The molecule has 2 aromatic rings. The van der Waals surface area contributed by atoms with Crippen LogP contribution in [0.3, 0.4) is 0 Å². The van der Waals surface area contributed by atoms with Gasteiger partial charge in [0.25, 0.3) is 0 Å². The summed E-state index contributed by atoms with van der Waals surface area (Å²) in [6.07, 6.45) is 3.81. The van der Waals surface area contributed by atoms with Crippen LogP contribution in [0, 0.1) is 6.92 Å². The van der Waals surface area contributed by atoms with Crippen LogP contribution < -0.4 is 15.0 Å². The summed E-state index contributed by atoms with van der Waals surface area (Å²) in [5, 5.41) is 7.53. The summed E-state index contributed by atoms with van der Waals surface area (Å²) in [7, 11) is 1.91. The van der Waals surface area contributed by atoms with Crippen molar-refractivity contribution in [3.8, 4) is 5.75 Å². The van der Waals surface area contributed by atoms with Gasteiger partial charge in [-0.05, 0) is 30.7 Å². The van der Waals surface area contributed by atoms with Crippen molar-refractivity contribution in [1.82, 2.24) is 15.1 Å². The van der Waals surface area contributed by atoms with Crippen LogP contribution in [0.25, 0.3) is 0 Å². The molecule has 2 heterocycles. The Kier molecular flexibility index (Phi) is 4.10. The largest absolute Gasteiger partial charge is 0.489 e. The Morgan fingerprint density at radius 3 is 2.76 bits per heavy atom. The maximum atomic E-state index is 5.89. The van der Waals surface area contributed by atoms with Gasteiger partial charge in [-0.2, -0.15) is 5.10 Å². The van der Waals surface area contributed by atoms with Crippen LogP contribution >= 0.6 is 0 Å². The third kappa shape index (κ3) is 3.36. The number of hydrogen-bond acceptors (Lipinski definition) is 4. The SMILES string of the molecule is Cc1cc(N2CCNCC2)ccc1OCc1cnn(C)c1. The Morgan fingerprint density at radius 1 is 1.29 bits per heavy atom. The second-order valence-corrected chi connectivity index (χ2v) is 5.50. The molecular formula is C16H22N4O. The molecule has 0 saturated carbocycles. The zero-order chi connectivity index (χ0) is 14.7. The van der Waals surface area contributed by atoms with Crippen molar-refractivity contribution in [1.29, 1.82) is 0 Å². The summed E-state index contributed by atoms with van der Waals surface area (Å²) < 4.78 is 7.69. The van der Waals surface area contributed by atoms with E-state index in [4.69, 9.17) is 4.74 Å². The fourth-order valence-corrected chi connectivity index (χ4v) is 2.62. The van der Waals surface area contributed by atoms with E-state index in [-0.39, 0.29) is 0 Å². The maximum absolute atomic E-state index is 5.89. The topological polar surface area (TPSA) is 42.3 Å². The van der Waals surface area contributed by atoms with Crippen LogP contribution in [-0.2, 0) is 13.7 Å². The van der Waals surface area contributed by atoms with E-state index in [9.17, 15) is 0 Å². The Hall–Kier alpha value is -2.01. The van der Waals surface area contributed by atoms with Crippen LogP contribution in [0.1, 0.15) is 11.1 Å². The van der Waals surface area contributed by atoms with Gasteiger partial charge in [0, 0.05) is 50.7 Å². The average molecular weight is 286 g/mol. The van der Waals surface area contributed by atoms with Crippen LogP contribution in [0.15, 0.2) is 30.6 Å². The second kappa shape index (κ2) is 6.18. The fourth-order valence-electron chi connectivity index (χ4n) is 2.62. The summed E-state index contributed by atoms with van der Waals surface area (Å²) in [5.41, 5.74) is 3.54. The van der Waals surface area contributed by atoms with Crippen LogP contribution in [-0.4, -0.2) is 36.0 Å².